The molecule has 0 atom stereocenters. The van der Waals surface area contributed by atoms with Gasteiger partial charge in [0.1, 0.15) is 0 Å². The molecule has 172 valence electrons. The zero-order valence-corrected chi connectivity index (χ0v) is 21.0. The van der Waals surface area contributed by atoms with Crippen molar-refractivity contribution in [3.05, 3.63) is 34.4 Å². The fraction of sp³-hybridized carbons (Fsp3) is 0.750. The highest BCUT2D eigenvalue weighted by molar-refractivity contribution is 5.73. The quantitative estimate of drug-likeness (QED) is 0.309. The molecule has 30 heavy (non-hydrogen) atoms. The van der Waals surface area contributed by atoms with E-state index in [-0.39, 0.29) is 0 Å². The summed E-state index contributed by atoms with van der Waals surface area (Å²) in [6.45, 7) is 15.2. The number of carboxylic acids is 1. The Morgan fingerprint density at radius 1 is 0.767 bits per heavy atom. The summed E-state index contributed by atoms with van der Waals surface area (Å²) in [7, 11) is 0. The maximum absolute atomic E-state index is 11.2. The molecule has 0 radical (unpaired) electrons. The van der Waals surface area contributed by atoms with Gasteiger partial charge in [-0.1, -0.05) is 77.0 Å². The number of unbranched alkanes of at least 4 members (excludes halogenated alkanes) is 6. The SMILES string of the molecule is Cc1cc(C)c(CCCCCCC(C)(C)C)c(CCCCCCC(C)(C)C(=O)O)c1. The van der Waals surface area contributed by atoms with Crippen molar-refractivity contribution in [2.24, 2.45) is 10.8 Å². The lowest BCUT2D eigenvalue weighted by Crippen LogP contribution is -2.23. The molecule has 0 aliphatic heterocycles. The molecule has 0 aliphatic carbocycles. The van der Waals surface area contributed by atoms with Crippen molar-refractivity contribution in [3.8, 4) is 0 Å². The Balaban J connectivity index is 2.43. The summed E-state index contributed by atoms with van der Waals surface area (Å²) in [4.78, 5) is 11.2. The van der Waals surface area contributed by atoms with Crippen LogP contribution in [0.3, 0.4) is 0 Å². The van der Waals surface area contributed by atoms with E-state index in [4.69, 9.17) is 0 Å². The summed E-state index contributed by atoms with van der Waals surface area (Å²) in [6.07, 6.45) is 14.3. The van der Waals surface area contributed by atoms with E-state index in [0.717, 1.165) is 25.7 Å². The van der Waals surface area contributed by atoms with Gasteiger partial charge < -0.3 is 5.11 Å². The zero-order chi connectivity index (χ0) is 22.8. The van der Waals surface area contributed by atoms with E-state index in [1.807, 2.05) is 13.8 Å². The smallest absolute Gasteiger partial charge is 0.309 e. The number of rotatable bonds is 14. The Labute approximate surface area is 186 Å². The second kappa shape index (κ2) is 12.5. The summed E-state index contributed by atoms with van der Waals surface area (Å²) >= 11 is 0. The second-order valence-corrected chi connectivity index (χ2v) is 11.3. The van der Waals surface area contributed by atoms with Crippen LogP contribution in [0.1, 0.15) is 121 Å². The van der Waals surface area contributed by atoms with Crippen LogP contribution in [-0.2, 0) is 17.6 Å². The number of carboxylic acid groups (broad SMARTS) is 1. The van der Waals surface area contributed by atoms with Crippen molar-refractivity contribution < 1.29 is 9.90 Å². The van der Waals surface area contributed by atoms with Crippen LogP contribution in [0.5, 0.6) is 0 Å². The van der Waals surface area contributed by atoms with E-state index in [9.17, 15) is 9.90 Å². The van der Waals surface area contributed by atoms with Crippen molar-refractivity contribution in [2.45, 2.75) is 126 Å². The molecular weight excluding hydrogens is 368 g/mol. The van der Waals surface area contributed by atoms with E-state index in [0.29, 0.717) is 5.41 Å². The maximum atomic E-state index is 11.2. The van der Waals surface area contributed by atoms with Gasteiger partial charge in [0.2, 0.25) is 0 Å². The number of hydrogen-bond acceptors (Lipinski definition) is 1. The summed E-state index contributed by atoms with van der Waals surface area (Å²) in [6, 6.07) is 4.74. The van der Waals surface area contributed by atoms with Crippen molar-refractivity contribution in [1.29, 1.82) is 0 Å². The van der Waals surface area contributed by atoms with Crippen LogP contribution in [-0.4, -0.2) is 11.1 Å². The number of hydrogen-bond donors (Lipinski definition) is 1. The van der Waals surface area contributed by atoms with Crippen LogP contribution < -0.4 is 0 Å². The highest BCUT2D eigenvalue weighted by Gasteiger charge is 2.25. The standard InChI is InChI=1S/C28H48O2/c1-22-20-23(2)25(17-13-9-10-14-18-27(3,4)5)24(21-22)16-12-8-11-15-19-28(6,7)26(29)30/h20-21H,8-19H2,1-7H3,(H,29,30). The van der Waals surface area contributed by atoms with Gasteiger partial charge in [-0.05, 0) is 88.3 Å². The topological polar surface area (TPSA) is 37.3 Å². The van der Waals surface area contributed by atoms with Gasteiger partial charge in [-0.25, -0.2) is 0 Å². The van der Waals surface area contributed by atoms with Crippen LogP contribution in [0.4, 0.5) is 0 Å². The van der Waals surface area contributed by atoms with Gasteiger partial charge in [0.25, 0.3) is 0 Å². The number of aryl methyl sites for hydroxylation is 3. The third kappa shape index (κ3) is 10.6. The third-order valence-electron chi connectivity index (χ3n) is 6.39. The first-order chi connectivity index (χ1) is 13.9. The van der Waals surface area contributed by atoms with Crippen molar-refractivity contribution in [2.75, 3.05) is 0 Å². The fourth-order valence-corrected chi connectivity index (χ4v) is 4.32. The van der Waals surface area contributed by atoms with Gasteiger partial charge in [-0.15, -0.1) is 0 Å². The summed E-state index contributed by atoms with van der Waals surface area (Å²) in [5.41, 5.74) is 5.84. The molecule has 0 spiro atoms. The Kier molecular flexibility index (Phi) is 11.2. The molecule has 0 bridgehead atoms. The Bertz CT molecular complexity index is 649. The van der Waals surface area contributed by atoms with Crippen molar-refractivity contribution in [1.82, 2.24) is 0 Å². The van der Waals surface area contributed by atoms with Gasteiger partial charge in [-0.3, -0.25) is 4.79 Å². The first-order valence-corrected chi connectivity index (χ1v) is 12.2. The van der Waals surface area contributed by atoms with E-state index in [1.54, 1.807) is 11.1 Å². The highest BCUT2D eigenvalue weighted by Crippen LogP contribution is 2.26. The molecular formula is C28H48O2. The lowest BCUT2D eigenvalue weighted by molar-refractivity contribution is -0.147. The molecule has 0 amide bonds. The summed E-state index contributed by atoms with van der Waals surface area (Å²) < 4.78 is 0. The second-order valence-electron chi connectivity index (χ2n) is 11.3. The highest BCUT2D eigenvalue weighted by atomic mass is 16.4. The molecule has 1 rings (SSSR count). The molecule has 1 N–H and O–H groups in total. The van der Waals surface area contributed by atoms with E-state index in [2.05, 4.69) is 46.8 Å². The lowest BCUT2D eigenvalue weighted by atomic mass is 9.86. The minimum Gasteiger partial charge on any atom is -0.481 e. The summed E-state index contributed by atoms with van der Waals surface area (Å²) in [5, 5.41) is 9.23. The Morgan fingerprint density at radius 3 is 1.87 bits per heavy atom. The molecule has 2 heteroatoms. The van der Waals surface area contributed by atoms with E-state index < -0.39 is 11.4 Å². The van der Waals surface area contributed by atoms with Crippen molar-refractivity contribution >= 4 is 5.97 Å². The van der Waals surface area contributed by atoms with Crippen LogP contribution in [0.15, 0.2) is 12.1 Å². The zero-order valence-electron chi connectivity index (χ0n) is 21.0. The number of benzene rings is 1. The molecule has 0 saturated carbocycles. The predicted molar refractivity (Wildman–Crippen MR) is 130 cm³/mol. The molecule has 1 aromatic carbocycles. The molecule has 0 saturated heterocycles. The molecule has 0 heterocycles. The number of aliphatic carboxylic acids is 1. The average molecular weight is 417 g/mol. The fourth-order valence-electron chi connectivity index (χ4n) is 4.32. The van der Waals surface area contributed by atoms with Gasteiger partial charge >= 0.3 is 5.97 Å². The monoisotopic (exact) mass is 416 g/mol. The van der Waals surface area contributed by atoms with Crippen LogP contribution >= 0.6 is 0 Å². The normalized spacial score (nSPS) is 12.4. The predicted octanol–water partition coefficient (Wildman–Crippen LogP) is 8.45. The molecule has 1 aromatic rings. The third-order valence-corrected chi connectivity index (χ3v) is 6.39. The molecule has 0 fully saturated rings. The van der Waals surface area contributed by atoms with Crippen molar-refractivity contribution in [3.63, 3.8) is 0 Å². The van der Waals surface area contributed by atoms with Crippen LogP contribution in [0, 0.1) is 24.7 Å². The maximum Gasteiger partial charge on any atom is 0.309 e. The molecule has 0 unspecified atom stereocenters. The van der Waals surface area contributed by atoms with Gasteiger partial charge in [0, 0.05) is 0 Å². The minimum absolute atomic E-state index is 0.462. The first kappa shape index (κ1) is 26.7. The number of carbonyl (C=O) groups is 1. The van der Waals surface area contributed by atoms with Crippen LogP contribution in [0.25, 0.3) is 0 Å². The minimum atomic E-state index is -0.680. The first-order valence-electron chi connectivity index (χ1n) is 12.2. The molecule has 2 nitrogen and oxygen atoms in total. The molecule has 0 aliphatic rings. The Hall–Kier alpha value is -1.31. The van der Waals surface area contributed by atoms with Gasteiger partial charge in [0.05, 0.1) is 5.41 Å². The lowest BCUT2D eigenvalue weighted by Gasteiger charge is -2.18. The van der Waals surface area contributed by atoms with E-state index in [1.165, 1.54) is 62.5 Å². The Morgan fingerprint density at radius 2 is 1.30 bits per heavy atom. The van der Waals surface area contributed by atoms with Crippen LogP contribution in [0.2, 0.25) is 0 Å². The van der Waals surface area contributed by atoms with Gasteiger partial charge in [-0.2, -0.15) is 0 Å². The van der Waals surface area contributed by atoms with E-state index >= 15 is 0 Å². The van der Waals surface area contributed by atoms with Gasteiger partial charge in [0.15, 0.2) is 0 Å². The molecule has 0 aromatic heterocycles. The summed E-state index contributed by atoms with van der Waals surface area (Å²) in [5.74, 6) is -0.680. The largest absolute Gasteiger partial charge is 0.481 e. The average Bonchev–Trinajstić information content (AvgIpc) is 2.61.